The van der Waals surface area contributed by atoms with Crippen molar-refractivity contribution in [1.29, 1.82) is 0 Å². The van der Waals surface area contributed by atoms with E-state index >= 15 is 0 Å². The van der Waals surface area contributed by atoms with Crippen LogP contribution in [0, 0.1) is 5.82 Å². The molecular formula is C20H14FNO3S. The quantitative estimate of drug-likeness (QED) is 0.703. The smallest absolute Gasteiger partial charge is 0.346 e. The van der Waals surface area contributed by atoms with E-state index in [-0.39, 0.29) is 23.1 Å². The normalized spacial score (nSPS) is 16.0. The van der Waals surface area contributed by atoms with E-state index in [0.717, 1.165) is 10.4 Å². The molecular weight excluding hydrogens is 353 g/mol. The van der Waals surface area contributed by atoms with Gasteiger partial charge < -0.3 is 10.4 Å². The van der Waals surface area contributed by atoms with Gasteiger partial charge in [-0.25, -0.2) is 9.18 Å². The Morgan fingerprint density at radius 2 is 1.81 bits per heavy atom. The topological polar surface area (TPSA) is 66.4 Å². The summed E-state index contributed by atoms with van der Waals surface area (Å²) < 4.78 is 13.3. The molecule has 4 nitrogen and oxygen atoms in total. The van der Waals surface area contributed by atoms with Crippen LogP contribution in [0.3, 0.4) is 0 Å². The van der Waals surface area contributed by atoms with Gasteiger partial charge in [-0.3, -0.25) is 4.79 Å². The number of hydrogen-bond acceptors (Lipinski definition) is 3. The van der Waals surface area contributed by atoms with Crippen molar-refractivity contribution in [3.63, 3.8) is 0 Å². The van der Waals surface area contributed by atoms with Gasteiger partial charge in [-0.05, 0) is 23.3 Å². The largest absolute Gasteiger partial charge is 0.477 e. The third-order valence-electron chi connectivity index (χ3n) is 4.43. The molecule has 0 spiro atoms. The van der Waals surface area contributed by atoms with E-state index in [2.05, 4.69) is 5.32 Å². The van der Waals surface area contributed by atoms with Crippen molar-refractivity contribution in [3.05, 3.63) is 75.7 Å². The van der Waals surface area contributed by atoms with Gasteiger partial charge in [0.25, 0.3) is 0 Å². The molecule has 130 valence electrons. The Morgan fingerprint density at radius 1 is 1.12 bits per heavy atom. The number of carboxylic acid groups (broad SMARTS) is 1. The maximum absolute atomic E-state index is 13.3. The first kappa shape index (κ1) is 16.5. The molecule has 0 saturated carbocycles. The minimum atomic E-state index is -1.07. The Morgan fingerprint density at radius 3 is 2.46 bits per heavy atom. The number of carbonyl (C=O) groups excluding carboxylic acids is 1. The van der Waals surface area contributed by atoms with Crippen molar-refractivity contribution in [3.8, 4) is 11.1 Å². The molecule has 0 saturated heterocycles. The molecule has 0 fully saturated rings. The van der Waals surface area contributed by atoms with Gasteiger partial charge in [0.2, 0.25) is 5.91 Å². The third kappa shape index (κ3) is 2.78. The van der Waals surface area contributed by atoms with Crippen LogP contribution in [0.4, 0.5) is 10.1 Å². The van der Waals surface area contributed by atoms with E-state index in [1.165, 1.54) is 35.6 Å². The molecule has 0 aliphatic carbocycles. The molecule has 1 atom stereocenters. The Hall–Kier alpha value is -2.99. The number of carboxylic acids is 1. The Kier molecular flexibility index (Phi) is 4.05. The van der Waals surface area contributed by atoms with Crippen LogP contribution in [-0.4, -0.2) is 17.0 Å². The second kappa shape index (κ2) is 6.38. The molecule has 1 aromatic heterocycles. The number of benzene rings is 2. The molecule has 0 radical (unpaired) electrons. The van der Waals surface area contributed by atoms with Gasteiger partial charge in [0, 0.05) is 22.8 Å². The summed E-state index contributed by atoms with van der Waals surface area (Å²) in [7, 11) is 0. The first-order chi connectivity index (χ1) is 12.5. The highest BCUT2D eigenvalue weighted by molar-refractivity contribution is 7.15. The number of thiophene rings is 1. The SMILES string of the molecule is O=C1C[C@@H](c2ccccc2)c2sc(C(=O)O)c(-c3ccc(F)cc3)c2N1. The highest BCUT2D eigenvalue weighted by Crippen LogP contribution is 2.49. The van der Waals surface area contributed by atoms with Crippen LogP contribution in [0.25, 0.3) is 11.1 Å². The van der Waals surface area contributed by atoms with E-state index in [4.69, 9.17) is 0 Å². The molecule has 2 heterocycles. The Bertz CT molecular complexity index is 996. The number of anilines is 1. The molecule has 0 unspecified atom stereocenters. The van der Waals surface area contributed by atoms with Gasteiger partial charge in [-0.1, -0.05) is 42.5 Å². The lowest BCUT2D eigenvalue weighted by atomic mass is 9.89. The van der Waals surface area contributed by atoms with Crippen LogP contribution < -0.4 is 5.32 Å². The van der Waals surface area contributed by atoms with E-state index in [9.17, 15) is 19.1 Å². The number of hydrogen-bond donors (Lipinski definition) is 2. The number of rotatable bonds is 3. The fourth-order valence-electron chi connectivity index (χ4n) is 3.28. The number of halogens is 1. The third-order valence-corrected chi connectivity index (χ3v) is 5.73. The summed E-state index contributed by atoms with van der Waals surface area (Å²) in [5.41, 5.74) is 2.48. The zero-order valence-electron chi connectivity index (χ0n) is 13.5. The number of nitrogens with one attached hydrogen (secondary N) is 1. The zero-order valence-corrected chi connectivity index (χ0v) is 14.3. The predicted octanol–water partition coefficient (Wildman–Crippen LogP) is 4.73. The van der Waals surface area contributed by atoms with Crippen molar-refractivity contribution in [1.82, 2.24) is 0 Å². The van der Waals surface area contributed by atoms with Gasteiger partial charge in [0.1, 0.15) is 10.7 Å². The van der Waals surface area contributed by atoms with Crippen LogP contribution in [0.5, 0.6) is 0 Å². The lowest BCUT2D eigenvalue weighted by Gasteiger charge is -2.23. The lowest BCUT2D eigenvalue weighted by Crippen LogP contribution is -2.22. The monoisotopic (exact) mass is 367 g/mol. The summed E-state index contributed by atoms with van der Waals surface area (Å²) in [6.07, 6.45) is 0.263. The number of aromatic carboxylic acids is 1. The molecule has 1 amide bonds. The van der Waals surface area contributed by atoms with Crippen LogP contribution >= 0.6 is 11.3 Å². The molecule has 3 aromatic rings. The second-order valence-electron chi connectivity index (χ2n) is 6.07. The van der Waals surface area contributed by atoms with E-state index in [0.29, 0.717) is 16.8 Å². The summed E-state index contributed by atoms with van der Waals surface area (Å²) in [6.45, 7) is 0. The average Bonchev–Trinajstić information content (AvgIpc) is 3.02. The van der Waals surface area contributed by atoms with Crippen LogP contribution in [0.1, 0.15) is 32.5 Å². The van der Waals surface area contributed by atoms with Gasteiger partial charge in [-0.15, -0.1) is 11.3 Å². The summed E-state index contributed by atoms with van der Waals surface area (Å²) in [4.78, 5) is 25.1. The van der Waals surface area contributed by atoms with Gasteiger partial charge in [-0.2, -0.15) is 0 Å². The highest BCUT2D eigenvalue weighted by atomic mass is 32.1. The molecule has 4 rings (SSSR count). The van der Waals surface area contributed by atoms with Gasteiger partial charge in [0.05, 0.1) is 5.69 Å². The van der Waals surface area contributed by atoms with Crippen LogP contribution in [0.2, 0.25) is 0 Å². The summed E-state index contributed by atoms with van der Waals surface area (Å²) >= 11 is 1.17. The second-order valence-corrected chi connectivity index (χ2v) is 7.13. The molecule has 26 heavy (non-hydrogen) atoms. The van der Waals surface area contributed by atoms with Crippen LogP contribution in [0.15, 0.2) is 54.6 Å². The number of fused-ring (bicyclic) bond motifs is 1. The number of carbonyl (C=O) groups is 2. The maximum atomic E-state index is 13.3. The fourth-order valence-corrected chi connectivity index (χ4v) is 4.53. The standard InChI is InChI=1S/C20H14FNO3S/c21-13-8-6-12(7-9-13)16-17-18(26-19(16)20(24)25)14(10-15(23)22-17)11-4-2-1-3-5-11/h1-9,14H,10H2,(H,22,23)(H,24,25)/t14-/m0/s1. The van der Waals surface area contributed by atoms with Gasteiger partial charge >= 0.3 is 5.97 Å². The summed E-state index contributed by atoms with van der Waals surface area (Å²) in [5, 5.41) is 12.5. The molecule has 1 aliphatic heterocycles. The van der Waals surface area contributed by atoms with Crippen molar-refractivity contribution >= 4 is 28.9 Å². The summed E-state index contributed by atoms with van der Waals surface area (Å²) in [6, 6.07) is 15.2. The first-order valence-corrected chi connectivity index (χ1v) is 8.87. The Labute approximate surface area is 152 Å². The number of amides is 1. The van der Waals surface area contributed by atoms with E-state index in [1.54, 1.807) is 0 Å². The van der Waals surface area contributed by atoms with Crippen molar-refractivity contribution < 1.29 is 19.1 Å². The summed E-state index contributed by atoms with van der Waals surface area (Å²) in [5.74, 6) is -1.83. The highest BCUT2D eigenvalue weighted by Gasteiger charge is 2.34. The molecule has 6 heteroatoms. The first-order valence-electron chi connectivity index (χ1n) is 8.05. The maximum Gasteiger partial charge on any atom is 0.346 e. The molecule has 0 bridgehead atoms. The predicted molar refractivity (Wildman–Crippen MR) is 98.2 cm³/mol. The average molecular weight is 367 g/mol. The van der Waals surface area contributed by atoms with Crippen molar-refractivity contribution in [2.75, 3.05) is 5.32 Å². The molecule has 2 N–H and O–H groups in total. The Balaban J connectivity index is 1.94. The molecule has 2 aromatic carbocycles. The molecule has 1 aliphatic rings. The fraction of sp³-hybridized carbons (Fsp3) is 0.100. The van der Waals surface area contributed by atoms with Crippen LogP contribution in [-0.2, 0) is 4.79 Å². The lowest BCUT2D eigenvalue weighted by molar-refractivity contribution is -0.116. The minimum Gasteiger partial charge on any atom is -0.477 e. The minimum absolute atomic E-state index is 0.143. The van der Waals surface area contributed by atoms with Gasteiger partial charge in [0.15, 0.2) is 0 Å². The van der Waals surface area contributed by atoms with Crippen molar-refractivity contribution in [2.45, 2.75) is 12.3 Å². The van der Waals surface area contributed by atoms with Crippen molar-refractivity contribution in [2.24, 2.45) is 0 Å². The van der Waals surface area contributed by atoms with E-state index in [1.807, 2.05) is 30.3 Å². The van der Waals surface area contributed by atoms with E-state index < -0.39 is 11.8 Å². The zero-order chi connectivity index (χ0) is 18.3.